The largest absolute Gasteiger partial charge is 0.454 e. The molecule has 0 fully saturated rings. The van der Waals surface area contributed by atoms with Gasteiger partial charge in [0.25, 0.3) is 17.7 Å². The van der Waals surface area contributed by atoms with Crippen molar-refractivity contribution in [2.24, 2.45) is 0 Å². The van der Waals surface area contributed by atoms with Gasteiger partial charge in [-0.15, -0.1) is 0 Å². The lowest BCUT2D eigenvalue weighted by atomic mass is 10.1. The van der Waals surface area contributed by atoms with Gasteiger partial charge < -0.3 is 10.1 Å². The van der Waals surface area contributed by atoms with Crippen molar-refractivity contribution in [3.8, 4) is 0 Å². The molecule has 1 aliphatic heterocycles. The fourth-order valence-corrected chi connectivity index (χ4v) is 3.01. The second kappa shape index (κ2) is 8.05. The van der Waals surface area contributed by atoms with Gasteiger partial charge in [0.15, 0.2) is 12.4 Å². The van der Waals surface area contributed by atoms with E-state index in [2.05, 4.69) is 5.32 Å². The molecule has 1 heterocycles. The summed E-state index contributed by atoms with van der Waals surface area (Å²) in [6.07, 6.45) is 0. The molecule has 1 aliphatic rings. The first kappa shape index (κ1) is 19.9. The van der Waals surface area contributed by atoms with Gasteiger partial charge in [-0.1, -0.05) is 24.3 Å². The highest BCUT2D eigenvalue weighted by atomic mass is 16.5. The Labute approximate surface area is 166 Å². The molecule has 3 rings (SSSR count). The molecule has 0 saturated heterocycles. The normalized spacial score (nSPS) is 13.7. The van der Waals surface area contributed by atoms with E-state index in [0.29, 0.717) is 11.3 Å². The number of para-hydroxylation sites is 1. The maximum absolute atomic E-state index is 12.4. The molecule has 29 heavy (non-hydrogen) atoms. The zero-order valence-corrected chi connectivity index (χ0v) is 15.8. The first-order valence-corrected chi connectivity index (χ1v) is 8.84. The van der Waals surface area contributed by atoms with Crippen molar-refractivity contribution in [2.75, 3.05) is 11.9 Å². The molecule has 148 valence electrons. The summed E-state index contributed by atoms with van der Waals surface area (Å²) < 4.78 is 4.96. The van der Waals surface area contributed by atoms with Gasteiger partial charge in [-0.25, -0.2) is 4.79 Å². The quantitative estimate of drug-likeness (QED) is 0.456. The lowest BCUT2D eigenvalue weighted by Gasteiger charge is -2.20. The van der Waals surface area contributed by atoms with Gasteiger partial charge in [-0.2, -0.15) is 0 Å². The molecule has 0 aliphatic carbocycles. The van der Waals surface area contributed by atoms with Crippen LogP contribution in [0.25, 0.3) is 0 Å². The number of carbonyl (C=O) groups excluding carboxylic acids is 5. The van der Waals surface area contributed by atoms with E-state index in [1.165, 1.54) is 26.0 Å². The van der Waals surface area contributed by atoms with Crippen LogP contribution >= 0.6 is 0 Å². The van der Waals surface area contributed by atoms with Crippen LogP contribution in [0.5, 0.6) is 0 Å². The van der Waals surface area contributed by atoms with Gasteiger partial charge in [0, 0.05) is 5.56 Å². The lowest BCUT2D eigenvalue weighted by molar-refractivity contribution is -0.150. The van der Waals surface area contributed by atoms with E-state index < -0.39 is 36.3 Å². The molecule has 2 aromatic carbocycles. The summed E-state index contributed by atoms with van der Waals surface area (Å²) in [7, 11) is 0. The van der Waals surface area contributed by atoms with Crippen LogP contribution in [-0.4, -0.2) is 47.0 Å². The molecular formula is C21H18N2O6. The molecule has 0 saturated carbocycles. The van der Waals surface area contributed by atoms with E-state index in [4.69, 9.17) is 4.74 Å². The third-order valence-corrected chi connectivity index (χ3v) is 4.48. The molecule has 1 N–H and O–H groups in total. The van der Waals surface area contributed by atoms with Crippen molar-refractivity contribution in [2.45, 2.75) is 19.9 Å². The number of carbonyl (C=O) groups is 5. The van der Waals surface area contributed by atoms with E-state index in [1.54, 1.807) is 36.4 Å². The number of hydrogen-bond acceptors (Lipinski definition) is 6. The van der Waals surface area contributed by atoms with Crippen LogP contribution in [-0.2, 0) is 14.3 Å². The molecular weight excluding hydrogens is 376 g/mol. The van der Waals surface area contributed by atoms with E-state index >= 15 is 0 Å². The first-order valence-electron chi connectivity index (χ1n) is 8.84. The lowest BCUT2D eigenvalue weighted by Crippen LogP contribution is -2.44. The van der Waals surface area contributed by atoms with Crippen molar-refractivity contribution >= 4 is 35.2 Å². The number of nitrogens with one attached hydrogen (secondary N) is 1. The monoisotopic (exact) mass is 394 g/mol. The summed E-state index contributed by atoms with van der Waals surface area (Å²) in [6.45, 7) is 2.10. The number of Topliss-reactive ketones (excluding diaryl/α,β-unsaturated/α-hetero) is 1. The Hall–Kier alpha value is -3.81. The number of benzene rings is 2. The zero-order valence-electron chi connectivity index (χ0n) is 15.8. The van der Waals surface area contributed by atoms with E-state index in [9.17, 15) is 24.0 Å². The molecule has 8 heteroatoms. The zero-order chi connectivity index (χ0) is 21.1. The van der Waals surface area contributed by atoms with Crippen molar-refractivity contribution in [3.63, 3.8) is 0 Å². The summed E-state index contributed by atoms with van der Waals surface area (Å²) in [5.41, 5.74) is 1.06. The predicted molar refractivity (Wildman–Crippen MR) is 102 cm³/mol. The maximum Gasteiger partial charge on any atom is 0.329 e. The Balaban J connectivity index is 1.61. The highest BCUT2D eigenvalue weighted by molar-refractivity contribution is 6.22. The summed E-state index contributed by atoms with van der Waals surface area (Å²) in [4.78, 5) is 61.7. The number of esters is 1. The molecule has 2 aromatic rings. The molecule has 3 amide bonds. The molecule has 1 atom stereocenters. The van der Waals surface area contributed by atoms with E-state index in [0.717, 1.165) is 4.90 Å². The SMILES string of the molecule is CC(=O)c1ccccc1NC(=O)COC(=O)C(C)N1C(=O)c2ccccc2C1=O. The number of ketones is 1. The van der Waals surface area contributed by atoms with Crippen LogP contribution in [0.1, 0.15) is 44.9 Å². The van der Waals surface area contributed by atoms with Crippen LogP contribution in [0.15, 0.2) is 48.5 Å². The summed E-state index contributed by atoms with van der Waals surface area (Å²) >= 11 is 0. The second-order valence-corrected chi connectivity index (χ2v) is 6.46. The van der Waals surface area contributed by atoms with Crippen LogP contribution < -0.4 is 5.32 Å². The minimum absolute atomic E-state index is 0.218. The van der Waals surface area contributed by atoms with Gasteiger partial charge in [0.05, 0.1) is 16.8 Å². The van der Waals surface area contributed by atoms with Gasteiger partial charge >= 0.3 is 5.97 Å². The predicted octanol–water partition coefficient (Wildman–Crippen LogP) is 2.06. The number of hydrogen-bond donors (Lipinski definition) is 1. The Kier molecular flexibility index (Phi) is 5.54. The smallest absolute Gasteiger partial charge is 0.329 e. The van der Waals surface area contributed by atoms with Crippen molar-refractivity contribution in [1.82, 2.24) is 4.90 Å². The Morgan fingerprint density at radius 2 is 1.52 bits per heavy atom. The summed E-state index contributed by atoms with van der Waals surface area (Å²) in [6, 6.07) is 11.5. The molecule has 8 nitrogen and oxygen atoms in total. The number of amides is 3. The minimum atomic E-state index is -1.19. The average molecular weight is 394 g/mol. The minimum Gasteiger partial charge on any atom is -0.454 e. The number of fused-ring (bicyclic) bond motifs is 1. The Morgan fingerprint density at radius 3 is 2.10 bits per heavy atom. The van der Waals surface area contributed by atoms with E-state index in [1.807, 2.05) is 0 Å². The van der Waals surface area contributed by atoms with E-state index in [-0.39, 0.29) is 16.9 Å². The van der Waals surface area contributed by atoms with Crippen molar-refractivity contribution < 1.29 is 28.7 Å². The first-order chi connectivity index (χ1) is 13.8. The van der Waals surface area contributed by atoms with Crippen molar-refractivity contribution in [1.29, 1.82) is 0 Å². The summed E-state index contributed by atoms with van der Waals surface area (Å²) in [5.74, 6) is -2.95. The highest BCUT2D eigenvalue weighted by Crippen LogP contribution is 2.24. The third kappa shape index (κ3) is 3.91. The Bertz CT molecular complexity index is 994. The van der Waals surface area contributed by atoms with Crippen LogP contribution in [0, 0.1) is 0 Å². The number of nitrogens with zero attached hydrogens (tertiary/aromatic N) is 1. The van der Waals surface area contributed by atoms with Gasteiger partial charge in [-0.3, -0.25) is 24.1 Å². The molecule has 1 unspecified atom stereocenters. The average Bonchev–Trinajstić information content (AvgIpc) is 2.96. The highest BCUT2D eigenvalue weighted by Gasteiger charge is 2.41. The van der Waals surface area contributed by atoms with Gasteiger partial charge in [0.1, 0.15) is 6.04 Å². The fraction of sp³-hybridized carbons (Fsp3) is 0.190. The number of rotatable bonds is 6. The number of anilines is 1. The topological polar surface area (TPSA) is 110 Å². The standard InChI is InChI=1S/C21H18N2O6/c1-12(23-19(26)15-8-3-4-9-16(15)20(23)27)21(28)29-11-18(25)22-17-10-6-5-7-14(17)13(2)24/h3-10,12H,11H2,1-2H3,(H,22,25). The number of ether oxygens (including phenoxy) is 1. The van der Waals surface area contributed by atoms with Crippen LogP contribution in [0.3, 0.4) is 0 Å². The van der Waals surface area contributed by atoms with Gasteiger partial charge in [-0.05, 0) is 38.1 Å². The molecule has 0 bridgehead atoms. The molecule has 0 radical (unpaired) electrons. The maximum atomic E-state index is 12.4. The van der Waals surface area contributed by atoms with Crippen LogP contribution in [0.2, 0.25) is 0 Å². The summed E-state index contributed by atoms with van der Waals surface area (Å²) in [5, 5.41) is 2.50. The van der Waals surface area contributed by atoms with Gasteiger partial charge in [0.2, 0.25) is 0 Å². The second-order valence-electron chi connectivity index (χ2n) is 6.46. The van der Waals surface area contributed by atoms with Crippen LogP contribution in [0.4, 0.5) is 5.69 Å². The molecule has 0 spiro atoms. The Morgan fingerprint density at radius 1 is 0.966 bits per heavy atom. The molecule has 0 aromatic heterocycles. The fourth-order valence-electron chi connectivity index (χ4n) is 3.01. The third-order valence-electron chi connectivity index (χ3n) is 4.48. The number of imide groups is 1. The van der Waals surface area contributed by atoms with Crippen molar-refractivity contribution in [3.05, 3.63) is 65.2 Å².